The maximum Gasteiger partial charge on any atom is 0.218 e. The molecule has 1 aromatic carbocycles. The number of piperidine rings is 1. The number of hydrogen-bond donors (Lipinski definition) is 0. The Morgan fingerprint density at radius 2 is 2.04 bits per heavy atom. The SMILES string of the molecule is Cc1cc(C2CCN(S(=O)(=O)Cc3ccc(Cl)cc3Br)CC2)on1. The molecular formula is C16H18BrClN2O3S. The molecule has 0 radical (unpaired) electrons. The Morgan fingerprint density at radius 1 is 1.33 bits per heavy atom. The van der Waals surface area contributed by atoms with Crippen molar-refractivity contribution in [3.8, 4) is 0 Å². The minimum absolute atomic E-state index is 0.0309. The molecule has 0 N–H and O–H groups in total. The highest BCUT2D eigenvalue weighted by Gasteiger charge is 2.30. The van der Waals surface area contributed by atoms with Gasteiger partial charge in [0.1, 0.15) is 5.76 Å². The minimum Gasteiger partial charge on any atom is -0.361 e. The number of halogens is 2. The number of sulfonamides is 1. The quantitative estimate of drug-likeness (QED) is 0.728. The molecule has 2 aromatic rings. The van der Waals surface area contributed by atoms with Crippen LogP contribution in [0, 0.1) is 6.92 Å². The summed E-state index contributed by atoms with van der Waals surface area (Å²) in [4.78, 5) is 0. The minimum atomic E-state index is -3.36. The first-order valence-electron chi connectivity index (χ1n) is 7.70. The van der Waals surface area contributed by atoms with Crippen molar-refractivity contribution >= 4 is 37.6 Å². The zero-order valence-electron chi connectivity index (χ0n) is 13.2. The topological polar surface area (TPSA) is 63.4 Å². The summed E-state index contributed by atoms with van der Waals surface area (Å²) in [6.45, 7) is 2.88. The summed E-state index contributed by atoms with van der Waals surface area (Å²) in [5.74, 6) is 1.06. The van der Waals surface area contributed by atoms with Gasteiger partial charge in [-0.25, -0.2) is 12.7 Å². The fourth-order valence-electron chi connectivity index (χ4n) is 2.92. The fraction of sp³-hybridized carbons (Fsp3) is 0.438. The Balaban J connectivity index is 1.66. The van der Waals surface area contributed by atoms with Crippen LogP contribution in [0.3, 0.4) is 0 Å². The lowest BCUT2D eigenvalue weighted by Crippen LogP contribution is -2.38. The highest BCUT2D eigenvalue weighted by atomic mass is 79.9. The predicted molar refractivity (Wildman–Crippen MR) is 96.6 cm³/mol. The zero-order valence-corrected chi connectivity index (χ0v) is 16.4. The van der Waals surface area contributed by atoms with Gasteiger partial charge in [0.05, 0.1) is 11.4 Å². The van der Waals surface area contributed by atoms with Gasteiger partial charge in [0.25, 0.3) is 0 Å². The van der Waals surface area contributed by atoms with Crippen molar-refractivity contribution in [1.82, 2.24) is 9.46 Å². The smallest absolute Gasteiger partial charge is 0.218 e. The first-order chi connectivity index (χ1) is 11.3. The summed E-state index contributed by atoms with van der Waals surface area (Å²) in [7, 11) is -3.36. The monoisotopic (exact) mass is 432 g/mol. The van der Waals surface area contributed by atoms with E-state index >= 15 is 0 Å². The summed E-state index contributed by atoms with van der Waals surface area (Å²) in [6, 6.07) is 7.09. The van der Waals surface area contributed by atoms with E-state index in [4.69, 9.17) is 16.1 Å². The Kier molecular flexibility index (Phi) is 5.34. The third kappa shape index (κ3) is 4.02. The fourth-order valence-corrected chi connectivity index (χ4v) is 5.52. The van der Waals surface area contributed by atoms with Gasteiger partial charge in [-0.15, -0.1) is 0 Å². The Morgan fingerprint density at radius 3 is 2.62 bits per heavy atom. The summed E-state index contributed by atoms with van der Waals surface area (Å²) in [5.41, 5.74) is 1.57. The molecule has 24 heavy (non-hydrogen) atoms. The summed E-state index contributed by atoms with van der Waals surface area (Å²) in [6.07, 6.45) is 1.49. The van der Waals surface area contributed by atoms with E-state index < -0.39 is 10.0 Å². The van der Waals surface area contributed by atoms with Crippen LogP contribution >= 0.6 is 27.5 Å². The van der Waals surface area contributed by atoms with Gasteiger partial charge < -0.3 is 4.52 Å². The van der Waals surface area contributed by atoms with Crippen molar-refractivity contribution in [1.29, 1.82) is 0 Å². The molecule has 0 unspecified atom stereocenters. The number of nitrogens with zero attached hydrogens (tertiary/aromatic N) is 2. The Labute approximate surface area is 155 Å². The van der Waals surface area contributed by atoms with Gasteiger partial charge in [0.15, 0.2) is 0 Å². The molecule has 8 heteroatoms. The van der Waals surface area contributed by atoms with Gasteiger partial charge in [-0.3, -0.25) is 0 Å². The van der Waals surface area contributed by atoms with Gasteiger partial charge in [0.2, 0.25) is 10.0 Å². The molecule has 5 nitrogen and oxygen atoms in total. The Hall–Kier alpha value is -0.890. The summed E-state index contributed by atoms with van der Waals surface area (Å²) >= 11 is 9.29. The number of hydrogen-bond acceptors (Lipinski definition) is 4. The standard InChI is InChI=1S/C16H18BrClN2O3S/c1-11-8-16(23-19-11)12-4-6-20(7-5-12)24(21,22)10-13-2-3-14(18)9-15(13)17/h2-3,8-9,12H,4-7,10H2,1H3. The molecule has 0 atom stereocenters. The number of aromatic nitrogens is 1. The van der Waals surface area contributed by atoms with E-state index in [0.29, 0.717) is 28.1 Å². The van der Waals surface area contributed by atoms with E-state index in [1.54, 1.807) is 22.5 Å². The molecule has 1 fully saturated rings. The molecule has 130 valence electrons. The first-order valence-corrected chi connectivity index (χ1v) is 10.5. The van der Waals surface area contributed by atoms with Crippen LogP contribution in [0.25, 0.3) is 0 Å². The molecule has 0 bridgehead atoms. The van der Waals surface area contributed by atoms with Crippen molar-refractivity contribution in [2.75, 3.05) is 13.1 Å². The maximum atomic E-state index is 12.7. The van der Waals surface area contributed by atoms with Gasteiger partial charge in [-0.2, -0.15) is 0 Å². The third-order valence-corrected chi connectivity index (χ3v) is 7.05. The van der Waals surface area contributed by atoms with Crippen LogP contribution < -0.4 is 0 Å². The number of benzene rings is 1. The van der Waals surface area contributed by atoms with Crippen LogP contribution in [0.4, 0.5) is 0 Å². The van der Waals surface area contributed by atoms with Crippen molar-refractivity contribution in [3.05, 3.63) is 50.8 Å². The molecule has 1 saturated heterocycles. The second-order valence-corrected chi connectivity index (χ2v) is 9.30. The molecular weight excluding hydrogens is 416 g/mol. The molecule has 0 spiro atoms. The van der Waals surface area contributed by atoms with Crippen LogP contribution in [0.5, 0.6) is 0 Å². The molecule has 1 aliphatic heterocycles. The number of rotatable bonds is 4. The van der Waals surface area contributed by atoms with Crippen molar-refractivity contribution in [3.63, 3.8) is 0 Å². The van der Waals surface area contributed by atoms with Crippen LogP contribution in [-0.4, -0.2) is 31.0 Å². The Bertz CT molecular complexity index is 830. The largest absolute Gasteiger partial charge is 0.361 e. The highest BCUT2D eigenvalue weighted by molar-refractivity contribution is 9.10. The first kappa shape index (κ1) is 17.9. The van der Waals surface area contributed by atoms with Crippen LogP contribution in [0.1, 0.15) is 35.8 Å². The lowest BCUT2D eigenvalue weighted by atomic mass is 9.95. The van der Waals surface area contributed by atoms with Gasteiger partial charge >= 0.3 is 0 Å². The van der Waals surface area contributed by atoms with E-state index in [1.807, 2.05) is 13.0 Å². The van der Waals surface area contributed by atoms with Crippen molar-refractivity contribution in [2.24, 2.45) is 0 Å². The van der Waals surface area contributed by atoms with Crippen LogP contribution in [0.2, 0.25) is 5.02 Å². The second kappa shape index (κ2) is 7.15. The molecule has 0 saturated carbocycles. The lowest BCUT2D eigenvalue weighted by Gasteiger charge is -2.30. The van der Waals surface area contributed by atoms with E-state index in [1.165, 1.54) is 0 Å². The lowest BCUT2D eigenvalue weighted by molar-refractivity contribution is 0.275. The van der Waals surface area contributed by atoms with Crippen LogP contribution in [0.15, 0.2) is 33.3 Å². The van der Waals surface area contributed by atoms with Crippen molar-refractivity contribution in [2.45, 2.75) is 31.4 Å². The van der Waals surface area contributed by atoms with E-state index in [9.17, 15) is 8.42 Å². The average molecular weight is 434 g/mol. The van der Waals surface area contributed by atoms with Gasteiger partial charge in [-0.05, 0) is 37.5 Å². The third-order valence-electron chi connectivity index (χ3n) is 4.25. The second-order valence-electron chi connectivity index (χ2n) is 6.04. The molecule has 0 amide bonds. The maximum absolute atomic E-state index is 12.7. The molecule has 2 heterocycles. The van der Waals surface area contributed by atoms with Crippen LogP contribution in [-0.2, 0) is 15.8 Å². The van der Waals surface area contributed by atoms with Gasteiger partial charge in [-0.1, -0.05) is 38.8 Å². The molecule has 1 aromatic heterocycles. The number of aryl methyl sites for hydroxylation is 1. The predicted octanol–water partition coefficient (Wildman–Crippen LogP) is 4.11. The highest BCUT2D eigenvalue weighted by Crippen LogP contribution is 2.31. The molecule has 3 rings (SSSR count). The van der Waals surface area contributed by atoms with E-state index in [-0.39, 0.29) is 11.7 Å². The van der Waals surface area contributed by atoms with E-state index in [0.717, 1.165) is 24.3 Å². The molecule has 0 aliphatic carbocycles. The summed E-state index contributed by atoms with van der Waals surface area (Å²) in [5, 5.41) is 4.48. The average Bonchev–Trinajstić information content (AvgIpc) is 2.97. The zero-order chi connectivity index (χ0) is 17.3. The van der Waals surface area contributed by atoms with Gasteiger partial charge in [0, 0.05) is 34.6 Å². The molecule has 1 aliphatic rings. The van der Waals surface area contributed by atoms with E-state index in [2.05, 4.69) is 21.1 Å². The normalized spacial score (nSPS) is 17.3. The van der Waals surface area contributed by atoms with Crippen molar-refractivity contribution < 1.29 is 12.9 Å². The summed E-state index contributed by atoms with van der Waals surface area (Å²) < 4.78 is 32.9.